The molecule has 0 bridgehead atoms. The van der Waals surface area contributed by atoms with Crippen LogP contribution in [-0.2, 0) is 13.1 Å². The van der Waals surface area contributed by atoms with Crippen LogP contribution in [0.25, 0.3) is 0 Å². The highest BCUT2D eigenvalue weighted by Gasteiger charge is 2.09. The SMILES string of the molecule is CCn1cccc1CNc1ccccc1SC(F)F. The van der Waals surface area contributed by atoms with E-state index in [2.05, 4.69) is 16.8 Å². The van der Waals surface area contributed by atoms with Crippen LogP contribution in [0.3, 0.4) is 0 Å². The molecular formula is C14H16F2N2S. The number of aromatic nitrogens is 1. The summed E-state index contributed by atoms with van der Waals surface area (Å²) in [5.74, 6) is -2.40. The van der Waals surface area contributed by atoms with Gasteiger partial charge in [0.1, 0.15) is 0 Å². The number of alkyl halides is 2. The summed E-state index contributed by atoms with van der Waals surface area (Å²) in [6.07, 6.45) is 2.01. The van der Waals surface area contributed by atoms with E-state index in [4.69, 9.17) is 0 Å². The number of thioether (sulfide) groups is 1. The Balaban J connectivity index is 2.07. The van der Waals surface area contributed by atoms with Crippen molar-refractivity contribution in [1.29, 1.82) is 0 Å². The van der Waals surface area contributed by atoms with Crippen LogP contribution >= 0.6 is 11.8 Å². The molecule has 0 saturated heterocycles. The molecule has 0 radical (unpaired) electrons. The van der Waals surface area contributed by atoms with E-state index in [0.717, 1.165) is 17.9 Å². The summed E-state index contributed by atoms with van der Waals surface area (Å²) in [5.41, 5.74) is 1.89. The maximum absolute atomic E-state index is 12.5. The molecule has 1 heterocycles. The molecule has 0 aliphatic heterocycles. The monoisotopic (exact) mass is 282 g/mol. The molecule has 0 spiro atoms. The van der Waals surface area contributed by atoms with E-state index in [-0.39, 0.29) is 0 Å². The highest BCUT2D eigenvalue weighted by atomic mass is 32.2. The molecule has 1 N–H and O–H groups in total. The predicted molar refractivity (Wildman–Crippen MR) is 75.7 cm³/mol. The molecule has 5 heteroatoms. The van der Waals surface area contributed by atoms with Crippen LogP contribution in [0, 0.1) is 0 Å². The molecular weight excluding hydrogens is 266 g/mol. The Kier molecular flexibility index (Phi) is 4.85. The molecule has 0 aliphatic carbocycles. The Morgan fingerprint density at radius 1 is 1.21 bits per heavy atom. The van der Waals surface area contributed by atoms with Gasteiger partial charge in [-0.15, -0.1) is 0 Å². The van der Waals surface area contributed by atoms with E-state index in [1.54, 1.807) is 12.1 Å². The number of para-hydroxylation sites is 1. The van der Waals surface area contributed by atoms with Gasteiger partial charge in [-0.05, 0) is 31.2 Å². The van der Waals surface area contributed by atoms with Gasteiger partial charge in [0, 0.05) is 29.0 Å². The molecule has 0 atom stereocenters. The largest absolute Gasteiger partial charge is 0.379 e. The van der Waals surface area contributed by atoms with Crippen molar-refractivity contribution in [3.63, 3.8) is 0 Å². The Bertz CT molecular complexity index is 526. The summed E-state index contributed by atoms with van der Waals surface area (Å²) in [4.78, 5) is 0.576. The fourth-order valence-corrected chi connectivity index (χ4v) is 2.53. The van der Waals surface area contributed by atoms with Gasteiger partial charge >= 0.3 is 0 Å². The van der Waals surface area contributed by atoms with Gasteiger partial charge in [-0.25, -0.2) is 0 Å². The first-order valence-corrected chi connectivity index (χ1v) is 7.00. The zero-order valence-corrected chi connectivity index (χ0v) is 11.5. The third kappa shape index (κ3) is 3.73. The van der Waals surface area contributed by atoms with Crippen molar-refractivity contribution < 1.29 is 8.78 Å². The first kappa shape index (κ1) is 13.9. The molecule has 0 amide bonds. The normalized spacial score (nSPS) is 10.9. The molecule has 1 aromatic heterocycles. The number of anilines is 1. The van der Waals surface area contributed by atoms with Gasteiger partial charge in [0.15, 0.2) is 0 Å². The minimum Gasteiger partial charge on any atom is -0.379 e. The van der Waals surface area contributed by atoms with E-state index >= 15 is 0 Å². The van der Waals surface area contributed by atoms with E-state index < -0.39 is 5.76 Å². The van der Waals surface area contributed by atoms with Crippen LogP contribution in [0.1, 0.15) is 12.6 Å². The van der Waals surface area contributed by atoms with Crippen molar-refractivity contribution in [3.8, 4) is 0 Å². The van der Waals surface area contributed by atoms with Gasteiger partial charge in [-0.2, -0.15) is 8.78 Å². The maximum atomic E-state index is 12.5. The molecule has 0 aliphatic rings. The molecule has 2 rings (SSSR count). The zero-order valence-electron chi connectivity index (χ0n) is 10.6. The predicted octanol–water partition coefficient (Wildman–Crippen LogP) is 4.43. The van der Waals surface area contributed by atoms with Crippen molar-refractivity contribution in [1.82, 2.24) is 4.57 Å². The highest BCUT2D eigenvalue weighted by Crippen LogP contribution is 2.31. The number of rotatable bonds is 6. The van der Waals surface area contributed by atoms with Gasteiger partial charge in [0.2, 0.25) is 0 Å². The lowest BCUT2D eigenvalue weighted by Gasteiger charge is -2.12. The summed E-state index contributed by atoms with van der Waals surface area (Å²) in [5, 5.41) is 3.22. The van der Waals surface area contributed by atoms with Crippen LogP contribution in [0.2, 0.25) is 0 Å². The maximum Gasteiger partial charge on any atom is 0.288 e. The molecule has 19 heavy (non-hydrogen) atoms. The van der Waals surface area contributed by atoms with Gasteiger partial charge < -0.3 is 9.88 Å². The number of halogens is 2. The average Bonchev–Trinajstić information content (AvgIpc) is 2.84. The fourth-order valence-electron chi connectivity index (χ4n) is 1.92. The topological polar surface area (TPSA) is 17.0 Å². The number of hydrogen-bond acceptors (Lipinski definition) is 2. The quantitative estimate of drug-likeness (QED) is 0.789. The van der Waals surface area contributed by atoms with E-state index in [9.17, 15) is 8.78 Å². The Hall–Kier alpha value is -1.49. The number of nitrogens with one attached hydrogen (secondary N) is 1. The van der Waals surface area contributed by atoms with Crippen LogP contribution in [0.15, 0.2) is 47.5 Å². The van der Waals surface area contributed by atoms with E-state index in [1.165, 1.54) is 0 Å². The van der Waals surface area contributed by atoms with Crippen LogP contribution < -0.4 is 5.32 Å². The van der Waals surface area contributed by atoms with Gasteiger partial charge in [0.05, 0.1) is 6.54 Å². The van der Waals surface area contributed by atoms with Gasteiger partial charge in [-0.1, -0.05) is 23.9 Å². The van der Waals surface area contributed by atoms with Crippen molar-refractivity contribution in [2.24, 2.45) is 0 Å². The second-order valence-electron chi connectivity index (χ2n) is 4.01. The van der Waals surface area contributed by atoms with Crippen molar-refractivity contribution in [3.05, 3.63) is 48.3 Å². The minimum atomic E-state index is -2.40. The summed E-state index contributed by atoms with van der Waals surface area (Å²) >= 11 is 0.570. The molecule has 2 aromatic rings. The summed E-state index contributed by atoms with van der Waals surface area (Å²) in [7, 11) is 0. The summed E-state index contributed by atoms with van der Waals surface area (Å²) < 4.78 is 27.0. The zero-order chi connectivity index (χ0) is 13.7. The first-order chi connectivity index (χ1) is 9.20. The molecule has 1 aromatic carbocycles. The number of aryl methyl sites for hydroxylation is 1. The second kappa shape index (κ2) is 6.61. The molecule has 0 saturated carbocycles. The smallest absolute Gasteiger partial charge is 0.288 e. The van der Waals surface area contributed by atoms with Gasteiger partial charge in [0.25, 0.3) is 5.76 Å². The molecule has 0 unspecified atom stereocenters. The molecule has 2 nitrogen and oxygen atoms in total. The third-order valence-corrected chi connectivity index (χ3v) is 3.62. The number of nitrogens with zero attached hydrogens (tertiary/aromatic N) is 1. The van der Waals surface area contributed by atoms with Crippen LogP contribution in [0.5, 0.6) is 0 Å². The van der Waals surface area contributed by atoms with E-state index in [1.807, 2.05) is 30.5 Å². The van der Waals surface area contributed by atoms with Crippen LogP contribution in [0.4, 0.5) is 14.5 Å². The standard InChI is InChI=1S/C14H16F2N2S/c1-2-18-9-5-6-11(18)10-17-12-7-3-4-8-13(12)19-14(15)16/h3-9,14,17H,2,10H2,1H3. The Morgan fingerprint density at radius 3 is 2.74 bits per heavy atom. The van der Waals surface area contributed by atoms with Crippen molar-refractivity contribution in [2.45, 2.75) is 30.7 Å². The summed E-state index contributed by atoms with van der Waals surface area (Å²) in [6.45, 7) is 3.60. The Labute approximate surface area is 115 Å². The molecule has 102 valence electrons. The lowest BCUT2D eigenvalue weighted by molar-refractivity contribution is 0.252. The lowest BCUT2D eigenvalue weighted by Crippen LogP contribution is -2.06. The van der Waals surface area contributed by atoms with E-state index in [0.29, 0.717) is 23.2 Å². The van der Waals surface area contributed by atoms with Gasteiger partial charge in [-0.3, -0.25) is 0 Å². The van der Waals surface area contributed by atoms with Crippen molar-refractivity contribution >= 4 is 17.4 Å². The minimum absolute atomic E-state index is 0.570. The fraction of sp³-hybridized carbons (Fsp3) is 0.286. The number of hydrogen-bond donors (Lipinski definition) is 1. The second-order valence-corrected chi connectivity index (χ2v) is 5.05. The third-order valence-electron chi connectivity index (χ3n) is 2.83. The Morgan fingerprint density at radius 2 is 2.00 bits per heavy atom. The summed E-state index contributed by atoms with van der Waals surface area (Å²) in [6, 6.07) is 11.2. The van der Waals surface area contributed by atoms with Crippen molar-refractivity contribution in [2.75, 3.05) is 5.32 Å². The average molecular weight is 282 g/mol. The highest BCUT2D eigenvalue weighted by molar-refractivity contribution is 7.99. The molecule has 0 fully saturated rings. The number of benzene rings is 1. The van der Waals surface area contributed by atoms with Crippen LogP contribution in [-0.4, -0.2) is 10.3 Å². The first-order valence-electron chi connectivity index (χ1n) is 6.12. The lowest BCUT2D eigenvalue weighted by atomic mass is 10.3.